The van der Waals surface area contributed by atoms with Crippen LogP contribution in [0.2, 0.25) is 5.02 Å². The molecule has 2 N–H and O–H groups in total. The minimum Gasteiger partial charge on any atom is -0.507 e. The second kappa shape index (κ2) is 7.49. The lowest BCUT2D eigenvalue weighted by atomic mass is 9.86. The van der Waals surface area contributed by atoms with Gasteiger partial charge in [0, 0.05) is 11.1 Å². The van der Waals surface area contributed by atoms with E-state index in [4.69, 9.17) is 16.3 Å². The molecule has 0 radical (unpaired) electrons. The van der Waals surface area contributed by atoms with Crippen molar-refractivity contribution < 1.29 is 19.4 Å². The van der Waals surface area contributed by atoms with Gasteiger partial charge in [0.05, 0.1) is 0 Å². The highest BCUT2D eigenvalue weighted by Crippen LogP contribution is 2.24. The van der Waals surface area contributed by atoms with E-state index in [1.54, 1.807) is 0 Å². The molecule has 1 fully saturated rings. The van der Waals surface area contributed by atoms with Gasteiger partial charge >= 0.3 is 5.97 Å². The van der Waals surface area contributed by atoms with Gasteiger partial charge in [-0.15, -0.1) is 0 Å². The molecule has 0 aromatic heterocycles. The van der Waals surface area contributed by atoms with Gasteiger partial charge in [0.25, 0.3) is 5.91 Å². The first-order valence-corrected chi connectivity index (χ1v) is 7.80. The summed E-state index contributed by atoms with van der Waals surface area (Å²) in [5, 5.41) is 12.8. The number of rotatable bonds is 4. The van der Waals surface area contributed by atoms with E-state index in [-0.39, 0.29) is 29.9 Å². The minimum absolute atomic E-state index is 0.0497. The summed E-state index contributed by atoms with van der Waals surface area (Å²) >= 11 is 5.77. The van der Waals surface area contributed by atoms with Crippen molar-refractivity contribution in [1.29, 1.82) is 0 Å². The van der Waals surface area contributed by atoms with Crippen LogP contribution in [-0.4, -0.2) is 29.6 Å². The molecule has 0 saturated heterocycles. The van der Waals surface area contributed by atoms with Crippen LogP contribution in [0.1, 0.15) is 43.0 Å². The van der Waals surface area contributed by atoms with Crippen LogP contribution in [-0.2, 0) is 9.53 Å². The maximum Gasteiger partial charge on any atom is 0.342 e. The maximum absolute atomic E-state index is 11.9. The van der Waals surface area contributed by atoms with Crippen molar-refractivity contribution in [3.05, 3.63) is 28.8 Å². The summed E-state index contributed by atoms with van der Waals surface area (Å²) in [7, 11) is 0. The van der Waals surface area contributed by atoms with Gasteiger partial charge in [-0.2, -0.15) is 0 Å². The fourth-order valence-electron chi connectivity index (χ4n) is 2.66. The number of aromatic hydroxyl groups is 1. The first-order valence-electron chi connectivity index (χ1n) is 7.42. The van der Waals surface area contributed by atoms with Gasteiger partial charge in [-0.05, 0) is 37.0 Å². The van der Waals surface area contributed by atoms with Crippen LogP contribution in [0.4, 0.5) is 0 Å². The van der Waals surface area contributed by atoms with Crippen molar-refractivity contribution >= 4 is 23.5 Å². The average Bonchev–Trinajstić information content (AvgIpc) is 2.49. The van der Waals surface area contributed by atoms with Crippen molar-refractivity contribution in [3.63, 3.8) is 0 Å². The fourth-order valence-corrected chi connectivity index (χ4v) is 2.83. The molecule has 0 aliphatic heterocycles. The molecular formula is C16H20ClNO4. The van der Waals surface area contributed by atoms with Crippen LogP contribution in [0.25, 0.3) is 0 Å². The number of amides is 1. The molecule has 2 atom stereocenters. The summed E-state index contributed by atoms with van der Waals surface area (Å²) in [5.41, 5.74) is -0.0497. The second-order valence-corrected chi connectivity index (χ2v) is 6.11. The third-order valence-electron chi connectivity index (χ3n) is 3.97. The summed E-state index contributed by atoms with van der Waals surface area (Å²) in [4.78, 5) is 23.7. The molecule has 1 aromatic rings. The van der Waals surface area contributed by atoms with Crippen molar-refractivity contribution in [2.75, 3.05) is 6.61 Å². The predicted molar refractivity (Wildman–Crippen MR) is 83.0 cm³/mol. The number of hydrogen-bond donors (Lipinski definition) is 2. The molecule has 1 aromatic carbocycles. The van der Waals surface area contributed by atoms with Crippen molar-refractivity contribution in [2.24, 2.45) is 5.92 Å². The van der Waals surface area contributed by atoms with E-state index in [1.165, 1.54) is 24.6 Å². The summed E-state index contributed by atoms with van der Waals surface area (Å²) < 4.78 is 4.93. The van der Waals surface area contributed by atoms with Gasteiger partial charge in [-0.1, -0.05) is 31.4 Å². The number of carbonyl (C=O) groups excluding carboxylic acids is 2. The predicted octanol–water partition coefficient (Wildman–Crippen LogP) is 2.90. The zero-order valence-electron chi connectivity index (χ0n) is 12.5. The third kappa shape index (κ3) is 4.37. The highest BCUT2D eigenvalue weighted by atomic mass is 35.5. The molecule has 2 rings (SSSR count). The first-order chi connectivity index (χ1) is 10.5. The summed E-state index contributed by atoms with van der Waals surface area (Å²) in [6.07, 6.45) is 4.35. The Morgan fingerprint density at radius 1 is 1.36 bits per heavy atom. The van der Waals surface area contributed by atoms with E-state index in [0.29, 0.717) is 10.9 Å². The lowest BCUT2D eigenvalue weighted by molar-refractivity contribution is -0.125. The number of benzene rings is 1. The van der Waals surface area contributed by atoms with E-state index in [9.17, 15) is 14.7 Å². The lowest BCUT2D eigenvalue weighted by Crippen LogP contribution is -2.42. The number of halogens is 1. The molecule has 6 heteroatoms. The van der Waals surface area contributed by atoms with Crippen molar-refractivity contribution in [2.45, 2.75) is 38.6 Å². The number of phenols is 1. The van der Waals surface area contributed by atoms with Crippen LogP contribution in [0, 0.1) is 5.92 Å². The Morgan fingerprint density at radius 2 is 2.09 bits per heavy atom. The van der Waals surface area contributed by atoms with Gasteiger partial charge in [0.1, 0.15) is 11.3 Å². The Labute approximate surface area is 134 Å². The fraction of sp³-hybridized carbons (Fsp3) is 0.500. The molecular weight excluding hydrogens is 306 g/mol. The Morgan fingerprint density at radius 3 is 2.82 bits per heavy atom. The maximum atomic E-state index is 11.9. The van der Waals surface area contributed by atoms with Crippen molar-refractivity contribution in [3.8, 4) is 5.75 Å². The number of esters is 1. The molecule has 0 heterocycles. The molecule has 0 spiro atoms. The lowest BCUT2D eigenvalue weighted by Gasteiger charge is -2.29. The topological polar surface area (TPSA) is 75.6 Å². The minimum atomic E-state index is -0.771. The number of phenolic OH excluding ortho intramolecular Hbond substituents is 1. The van der Waals surface area contributed by atoms with Crippen molar-refractivity contribution in [1.82, 2.24) is 5.32 Å². The van der Waals surface area contributed by atoms with Crippen LogP contribution < -0.4 is 5.32 Å². The van der Waals surface area contributed by atoms with Crippen LogP contribution >= 0.6 is 11.6 Å². The SMILES string of the molecule is C[C@@H]1CCCC[C@@H]1NC(=O)COC(=O)c1cc(Cl)ccc1O. The molecule has 5 nitrogen and oxygen atoms in total. The summed E-state index contributed by atoms with van der Waals surface area (Å²) in [5.74, 6) is -0.887. The van der Waals surface area contributed by atoms with E-state index in [2.05, 4.69) is 12.2 Å². The molecule has 1 aliphatic rings. The van der Waals surface area contributed by atoms with Gasteiger partial charge in [0.15, 0.2) is 6.61 Å². The summed E-state index contributed by atoms with van der Waals surface area (Å²) in [6.45, 7) is 1.74. The van der Waals surface area contributed by atoms with Gasteiger partial charge < -0.3 is 15.2 Å². The Balaban J connectivity index is 1.85. The van der Waals surface area contributed by atoms with Gasteiger partial charge in [-0.3, -0.25) is 4.79 Å². The average molecular weight is 326 g/mol. The zero-order valence-corrected chi connectivity index (χ0v) is 13.2. The Kier molecular flexibility index (Phi) is 5.66. The van der Waals surface area contributed by atoms with E-state index >= 15 is 0 Å². The third-order valence-corrected chi connectivity index (χ3v) is 4.21. The smallest absolute Gasteiger partial charge is 0.342 e. The Bertz CT molecular complexity index is 561. The standard InChI is InChI=1S/C16H20ClNO4/c1-10-4-2-3-5-13(10)18-15(20)9-22-16(21)12-8-11(17)6-7-14(12)19/h6-8,10,13,19H,2-5,9H2,1H3,(H,18,20)/t10-,13+/m1/s1. The highest BCUT2D eigenvalue weighted by molar-refractivity contribution is 6.31. The number of ether oxygens (including phenoxy) is 1. The molecule has 0 unspecified atom stereocenters. The summed E-state index contributed by atoms with van der Waals surface area (Å²) in [6, 6.07) is 4.22. The first kappa shape index (κ1) is 16.6. The number of hydrogen-bond acceptors (Lipinski definition) is 4. The molecule has 1 amide bonds. The molecule has 0 bridgehead atoms. The molecule has 1 saturated carbocycles. The molecule has 120 valence electrons. The van der Waals surface area contributed by atoms with E-state index in [0.717, 1.165) is 19.3 Å². The van der Waals surface area contributed by atoms with E-state index < -0.39 is 5.97 Å². The van der Waals surface area contributed by atoms with Crippen LogP contribution in [0.5, 0.6) is 5.75 Å². The highest BCUT2D eigenvalue weighted by Gasteiger charge is 2.23. The van der Waals surface area contributed by atoms with Crippen LogP contribution in [0.3, 0.4) is 0 Å². The van der Waals surface area contributed by atoms with Gasteiger partial charge in [0.2, 0.25) is 0 Å². The number of carbonyl (C=O) groups is 2. The zero-order chi connectivity index (χ0) is 16.1. The Hall–Kier alpha value is -1.75. The monoisotopic (exact) mass is 325 g/mol. The van der Waals surface area contributed by atoms with Crippen LogP contribution in [0.15, 0.2) is 18.2 Å². The normalized spacial score (nSPS) is 21.2. The largest absolute Gasteiger partial charge is 0.507 e. The quantitative estimate of drug-likeness (QED) is 0.835. The second-order valence-electron chi connectivity index (χ2n) is 5.67. The molecule has 22 heavy (non-hydrogen) atoms. The number of nitrogens with one attached hydrogen (secondary N) is 1. The van der Waals surface area contributed by atoms with Gasteiger partial charge in [-0.25, -0.2) is 4.79 Å². The molecule has 1 aliphatic carbocycles. The van der Waals surface area contributed by atoms with E-state index in [1.807, 2.05) is 0 Å².